The van der Waals surface area contributed by atoms with Crippen LogP contribution in [0.15, 0.2) is 0 Å². The fourth-order valence-electron chi connectivity index (χ4n) is 3.44. The number of hydrogen-bond acceptors (Lipinski definition) is 12. The molecule has 33 heavy (non-hydrogen) atoms. The molecule has 2 aliphatic heterocycles. The van der Waals surface area contributed by atoms with Gasteiger partial charge in [0.2, 0.25) is 16.3 Å². The summed E-state index contributed by atoms with van der Waals surface area (Å²) < 4.78 is 42.5. The molecule has 2 bridgehead atoms. The minimum Gasteiger partial charge on any atom is -0.724 e. The number of piperidine rings is 1. The normalized spacial score (nSPS) is 19.8. The number of carbonyl (C=O) groups is 4. The molecular weight excluding hydrogens is 477 g/mol. The molecule has 1 aromatic rings. The number of Topliss-reactive ketones (excluding diaryl/α,β-unsaturated/α-hetero) is 1. The third kappa shape index (κ3) is 6.90. The van der Waals surface area contributed by atoms with E-state index in [0.717, 1.165) is 9.58 Å². The minimum atomic E-state index is -5.14. The van der Waals surface area contributed by atoms with Crippen LogP contribution in [0.4, 0.5) is 4.79 Å². The van der Waals surface area contributed by atoms with Crippen molar-refractivity contribution in [3.63, 3.8) is 0 Å². The van der Waals surface area contributed by atoms with Gasteiger partial charge in [0.25, 0.3) is 0 Å². The van der Waals surface area contributed by atoms with Gasteiger partial charge in [0, 0.05) is 6.54 Å². The second kappa shape index (κ2) is 11.3. The van der Waals surface area contributed by atoms with Crippen molar-refractivity contribution < 1.29 is 70.7 Å². The molecule has 2 aliphatic rings. The summed E-state index contributed by atoms with van der Waals surface area (Å²) in [6.45, 7) is 1.13. The number of hydrogen-bond donors (Lipinski definition) is 1. The number of ether oxygens (including phenoxy) is 1. The molecule has 1 aromatic heterocycles. The van der Waals surface area contributed by atoms with E-state index in [1.165, 1.54) is 0 Å². The Bertz CT molecular complexity index is 1020. The van der Waals surface area contributed by atoms with E-state index in [1.807, 2.05) is 0 Å². The van der Waals surface area contributed by atoms with Crippen molar-refractivity contribution in [3.05, 3.63) is 5.82 Å². The Hall–Kier alpha value is -2.18. The average Bonchev–Trinajstić information content (AvgIpc) is 3.23. The van der Waals surface area contributed by atoms with Gasteiger partial charge in [0.15, 0.2) is 11.6 Å². The summed E-state index contributed by atoms with van der Waals surface area (Å²) in [5.41, 5.74) is 0. The molecule has 3 rings (SSSR count). The SMILES string of the molecule is CCOC(=O)Cc1nnnn1CC(=O)CNC(=O)[C@@H]1CC[C@@H]2CN1C(=O)N2OS(=O)(=O)[O-].[Na+]. The van der Waals surface area contributed by atoms with Gasteiger partial charge >= 0.3 is 41.6 Å². The number of hydroxylamine groups is 2. The number of urea groups is 1. The molecule has 2 saturated heterocycles. The molecule has 0 radical (unpaired) electrons. The van der Waals surface area contributed by atoms with Gasteiger partial charge in [-0.05, 0) is 30.2 Å². The van der Waals surface area contributed by atoms with Crippen molar-refractivity contribution in [1.29, 1.82) is 0 Å². The largest absolute Gasteiger partial charge is 1.00 e. The number of aromatic nitrogens is 4. The predicted molar refractivity (Wildman–Crippen MR) is 97.7 cm³/mol. The maximum absolute atomic E-state index is 12.5. The van der Waals surface area contributed by atoms with Crippen molar-refractivity contribution in [3.8, 4) is 0 Å². The molecule has 176 valence electrons. The number of nitrogens with zero attached hydrogens (tertiary/aromatic N) is 6. The van der Waals surface area contributed by atoms with Crippen molar-refractivity contribution in [2.75, 3.05) is 19.7 Å². The molecule has 0 unspecified atom stereocenters. The Morgan fingerprint density at radius 3 is 2.67 bits per heavy atom. The molecule has 0 saturated carbocycles. The van der Waals surface area contributed by atoms with Crippen molar-refractivity contribution in [2.24, 2.45) is 0 Å². The van der Waals surface area contributed by atoms with Crippen LogP contribution in [0.25, 0.3) is 0 Å². The topological polar surface area (TPSA) is 206 Å². The van der Waals surface area contributed by atoms with Gasteiger partial charge in [-0.2, -0.15) is 9.35 Å². The first-order valence-electron chi connectivity index (χ1n) is 9.54. The Balaban J connectivity index is 0.00000385. The summed E-state index contributed by atoms with van der Waals surface area (Å²) in [5.74, 6) is -1.53. The number of carbonyl (C=O) groups excluding carboxylic acids is 4. The molecule has 2 atom stereocenters. The summed E-state index contributed by atoms with van der Waals surface area (Å²) in [6, 6.07) is -2.55. The molecular formula is C15H20N7NaO9S. The number of nitrogens with one attached hydrogen (secondary N) is 1. The molecule has 18 heteroatoms. The first-order chi connectivity index (χ1) is 15.1. The van der Waals surface area contributed by atoms with Crippen LogP contribution in [-0.4, -0.2) is 98.6 Å². The molecule has 0 aromatic carbocycles. The number of rotatable bonds is 10. The second-order valence-corrected chi connectivity index (χ2v) is 7.95. The number of ketones is 1. The van der Waals surface area contributed by atoms with Crippen LogP contribution in [0.1, 0.15) is 25.6 Å². The average molecular weight is 497 g/mol. The Morgan fingerprint density at radius 1 is 1.27 bits per heavy atom. The maximum atomic E-state index is 12.5. The van der Waals surface area contributed by atoms with E-state index < -0.39 is 52.7 Å². The maximum Gasteiger partial charge on any atom is 1.00 e. The molecule has 0 spiro atoms. The van der Waals surface area contributed by atoms with Gasteiger partial charge in [0.05, 0.1) is 19.2 Å². The van der Waals surface area contributed by atoms with Crippen LogP contribution in [0.5, 0.6) is 0 Å². The van der Waals surface area contributed by atoms with E-state index in [0.29, 0.717) is 5.06 Å². The van der Waals surface area contributed by atoms with Gasteiger partial charge in [0.1, 0.15) is 19.0 Å². The Morgan fingerprint density at radius 2 is 2.00 bits per heavy atom. The number of esters is 1. The quantitative estimate of drug-likeness (QED) is 0.139. The van der Waals surface area contributed by atoms with E-state index in [-0.39, 0.29) is 74.3 Å². The van der Waals surface area contributed by atoms with Crippen LogP contribution in [0.2, 0.25) is 0 Å². The minimum absolute atomic E-state index is 0. The molecule has 0 aliphatic carbocycles. The monoisotopic (exact) mass is 497 g/mol. The third-order valence-electron chi connectivity index (χ3n) is 4.80. The first kappa shape index (κ1) is 27.1. The summed E-state index contributed by atoms with van der Waals surface area (Å²) in [5, 5.41) is 13.6. The van der Waals surface area contributed by atoms with Gasteiger partial charge in [-0.3, -0.25) is 14.4 Å². The van der Waals surface area contributed by atoms with E-state index in [2.05, 4.69) is 25.1 Å². The zero-order chi connectivity index (χ0) is 23.5. The molecule has 2 fully saturated rings. The molecule has 3 amide bonds. The summed E-state index contributed by atoms with van der Waals surface area (Å²) in [7, 11) is -5.14. The van der Waals surface area contributed by atoms with Crippen molar-refractivity contribution in [1.82, 2.24) is 35.5 Å². The summed E-state index contributed by atoms with van der Waals surface area (Å²) >= 11 is 0. The van der Waals surface area contributed by atoms with Crippen LogP contribution < -0.4 is 34.9 Å². The van der Waals surface area contributed by atoms with Crippen LogP contribution in [0.3, 0.4) is 0 Å². The molecule has 1 N–H and O–H groups in total. The smallest absolute Gasteiger partial charge is 0.724 e. The van der Waals surface area contributed by atoms with Gasteiger partial charge in [-0.1, -0.05) is 0 Å². The molecule has 3 heterocycles. The van der Waals surface area contributed by atoms with Crippen molar-refractivity contribution in [2.45, 2.75) is 44.8 Å². The number of tetrazole rings is 1. The number of amides is 3. The Kier molecular flexibility index (Phi) is 9.27. The van der Waals surface area contributed by atoms with Crippen LogP contribution in [-0.2, 0) is 46.8 Å². The van der Waals surface area contributed by atoms with Crippen LogP contribution >= 0.6 is 0 Å². The zero-order valence-corrected chi connectivity index (χ0v) is 20.7. The van der Waals surface area contributed by atoms with Gasteiger partial charge in [-0.15, -0.1) is 5.10 Å². The van der Waals surface area contributed by atoms with E-state index >= 15 is 0 Å². The summed E-state index contributed by atoms with van der Waals surface area (Å²) in [6.07, 6.45) is 0.190. The fourth-order valence-corrected chi connectivity index (χ4v) is 3.82. The van der Waals surface area contributed by atoms with E-state index in [9.17, 15) is 32.1 Å². The fraction of sp³-hybridized carbons (Fsp3) is 0.667. The van der Waals surface area contributed by atoms with Gasteiger partial charge < -0.3 is 19.5 Å². The Labute approximate surface area is 210 Å². The standard InChI is InChI=1S/C15H21N7O9S.Na/c1-2-30-13(24)5-12-17-18-19-21(12)8-10(23)6-16-14(25)11-4-3-9-7-20(11)15(26)22(9)31-32(27,28)29;/h9,11H,2-8H2,1H3,(H,16,25)(H,27,28,29);/q;+1/p-1/t9-,11+;/m1./s1. The molecule has 16 nitrogen and oxygen atoms in total. The zero-order valence-electron chi connectivity index (χ0n) is 17.9. The van der Waals surface area contributed by atoms with Gasteiger partial charge in [-0.25, -0.2) is 17.9 Å². The van der Waals surface area contributed by atoms with E-state index in [1.54, 1.807) is 6.92 Å². The second-order valence-electron chi connectivity index (χ2n) is 6.98. The van der Waals surface area contributed by atoms with Crippen molar-refractivity contribution >= 4 is 34.1 Å². The number of fused-ring (bicyclic) bond motifs is 2. The first-order valence-corrected chi connectivity index (χ1v) is 10.9. The van der Waals surface area contributed by atoms with Crippen LogP contribution in [0, 0.1) is 0 Å². The third-order valence-corrected chi connectivity index (χ3v) is 5.14. The van der Waals surface area contributed by atoms with E-state index in [4.69, 9.17) is 4.74 Å². The summed E-state index contributed by atoms with van der Waals surface area (Å²) in [4.78, 5) is 49.7. The predicted octanol–water partition coefficient (Wildman–Crippen LogP) is -5.87.